The van der Waals surface area contributed by atoms with Crippen LogP contribution in [0.4, 0.5) is 0 Å². The van der Waals surface area contributed by atoms with Gasteiger partial charge in [0.25, 0.3) is 0 Å². The van der Waals surface area contributed by atoms with Crippen molar-refractivity contribution in [1.82, 2.24) is 5.32 Å². The Morgan fingerprint density at radius 1 is 1.47 bits per heavy atom. The number of nitrogens with one attached hydrogen (secondary N) is 1. The third kappa shape index (κ3) is 3.58. The highest BCUT2D eigenvalue weighted by atomic mass is 16.5. The SMILES string of the molecule is CCNC(Cc1ccco1)C(OCC)C1CC1. The Kier molecular flexibility index (Phi) is 4.63. The minimum Gasteiger partial charge on any atom is -0.469 e. The first-order valence-corrected chi connectivity index (χ1v) is 6.72. The van der Waals surface area contributed by atoms with Crippen LogP contribution in [-0.2, 0) is 11.2 Å². The van der Waals surface area contributed by atoms with Crippen LogP contribution >= 0.6 is 0 Å². The largest absolute Gasteiger partial charge is 0.469 e. The lowest BCUT2D eigenvalue weighted by Crippen LogP contribution is -2.44. The van der Waals surface area contributed by atoms with Crippen molar-refractivity contribution in [1.29, 1.82) is 0 Å². The average molecular weight is 237 g/mol. The molecule has 3 heteroatoms. The zero-order chi connectivity index (χ0) is 12.1. The minimum atomic E-state index is 0.338. The predicted octanol–water partition coefficient (Wildman–Crippen LogP) is 2.62. The molecule has 0 spiro atoms. The zero-order valence-corrected chi connectivity index (χ0v) is 10.8. The number of rotatable bonds is 8. The van der Waals surface area contributed by atoms with Crippen LogP contribution in [0.1, 0.15) is 32.4 Å². The van der Waals surface area contributed by atoms with E-state index in [-0.39, 0.29) is 0 Å². The van der Waals surface area contributed by atoms with Gasteiger partial charge in [0, 0.05) is 19.1 Å². The van der Waals surface area contributed by atoms with E-state index in [2.05, 4.69) is 19.2 Å². The van der Waals surface area contributed by atoms with E-state index in [1.807, 2.05) is 12.1 Å². The molecule has 2 rings (SSSR count). The molecule has 2 unspecified atom stereocenters. The number of hydrogen-bond donors (Lipinski definition) is 1. The third-order valence-corrected chi connectivity index (χ3v) is 3.31. The summed E-state index contributed by atoms with van der Waals surface area (Å²) in [7, 11) is 0. The first-order chi connectivity index (χ1) is 8.35. The van der Waals surface area contributed by atoms with Crippen molar-refractivity contribution in [3.63, 3.8) is 0 Å². The first kappa shape index (κ1) is 12.7. The third-order valence-electron chi connectivity index (χ3n) is 3.31. The highest BCUT2D eigenvalue weighted by Crippen LogP contribution is 2.36. The Balaban J connectivity index is 1.98. The molecule has 0 aliphatic heterocycles. The van der Waals surface area contributed by atoms with E-state index in [9.17, 15) is 0 Å². The van der Waals surface area contributed by atoms with E-state index in [0.717, 1.165) is 31.3 Å². The lowest BCUT2D eigenvalue weighted by molar-refractivity contribution is 0.0184. The van der Waals surface area contributed by atoms with Gasteiger partial charge in [-0.25, -0.2) is 0 Å². The Morgan fingerprint density at radius 2 is 2.29 bits per heavy atom. The van der Waals surface area contributed by atoms with E-state index in [0.29, 0.717) is 12.1 Å². The molecule has 0 radical (unpaired) electrons. The topological polar surface area (TPSA) is 34.4 Å². The van der Waals surface area contributed by atoms with Gasteiger partial charge in [-0.15, -0.1) is 0 Å². The van der Waals surface area contributed by atoms with Gasteiger partial charge >= 0.3 is 0 Å². The van der Waals surface area contributed by atoms with Crippen LogP contribution in [0.25, 0.3) is 0 Å². The molecule has 1 N–H and O–H groups in total. The summed E-state index contributed by atoms with van der Waals surface area (Å²) in [6.07, 6.45) is 5.62. The summed E-state index contributed by atoms with van der Waals surface area (Å²) in [4.78, 5) is 0. The number of ether oxygens (including phenoxy) is 1. The lowest BCUT2D eigenvalue weighted by atomic mass is 10.0. The van der Waals surface area contributed by atoms with Crippen molar-refractivity contribution in [2.24, 2.45) is 5.92 Å². The number of furan rings is 1. The van der Waals surface area contributed by atoms with Crippen LogP contribution in [0.2, 0.25) is 0 Å². The molecule has 0 aromatic carbocycles. The summed E-state index contributed by atoms with van der Waals surface area (Å²) < 4.78 is 11.4. The van der Waals surface area contributed by atoms with E-state index < -0.39 is 0 Å². The first-order valence-electron chi connectivity index (χ1n) is 6.72. The van der Waals surface area contributed by atoms with Gasteiger partial charge in [0.1, 0.15) is 5.76 Å². The fourth-order valence-electron chi connectivity index (χ4n) is 2.41. The second kappa shape index (κ2) is 6.22. The standard InChI is InChI=1S/C14H23NO2/c1-3-15-13(10-12-6-5-9-17-12)14(16-4-2)11-7-8-11/h5-6,9,11,13-15H,3-4,7-8,10H2,1-2H3. The van der Waals surface area contributed by atoms with Gasteiger partial charge in [-0.3, -0.25) is 0 Å². The van der Waals surface area contributed by atoms with Crippen molar-refractivity contribution >= 4 is 0 Å². The molecule has 96 valence electrons. The summed E-state index contributed by atoms with van der Waals surface area (Å²) in [6.45, 7) is 5.99. The van der Waals surface area contributed by atoms with Gasteiger partial charge in [-0.1, -0.05) is 6.92 Å². The molecule has 17 heavy (non-hydrogen) atoms. The van der Waals surface area contributed by atoms with Crippen molar-refractivity contribution in [2.45, 2.75) is 45.3 Å². The molecule has 2 atom stereocenters. The normalized spacial score (nSPS) is 19.2. The maximum absolute atomic E-state index is 5.93. The Bertz CT molecular complexity index is 306. The fourth-order valence-corrected chi connectivity index (χ4v) is 2.41. The molecule has 1 aliphatic carbocycles. The summed E-state index contributed by atoms with van der Waals surface area (Å²) in [5.74, 6) is 1.79. The molecule has 3 nitrogen and oxygen atoms in total. The Morgan fingerprint density at radius 3 is 2.82 bits per heavy atom. The summed E-state index contributed by atoms with van der Waals surface area (Å²) in [5, 5.41) is 3.54. The smallest absolute Gasteiger partial charge is 0.105 e. The molecular weight excluding hydrogens is 214 g/mol. The second-order valence-corrected chi connectivity index (χ2v) is 4.71. The number of likely N-dealkylation sites (N-methyl/N-ethyl adjacent to an activating group) is 1. The molecule has 0 amide bonds. The van der Waals surface area contributed by atoms with E-state index in [4.69, 9.17) is 9.15 Å². The van der Waals surface area contributed by atoms with Crippen LogP contribution in [0.5, 0.6) is 0 Å². The van der Waals surface area contributed by atoms with Gasteiger partial charge in [0.05, 0.1) is 12.4 Å². The molecule has 1 aliphatic rings. The van der Waals surface area contributed by atoms with Gasteiger partial charge in [-0.2, -0.15) is 0 Å². The highest BCUT2D eigenvalue weighted by Gasteiger charge is 2.37. The summed E-state index contributed by atoms with van der Waals surface area (Å²) >= 11 is 0. The maximum Gasteiger partial charge on any atom is 0.105 e. The molecule has 1 aromatic heterocycles. The Hall–Kier alpha value is -0.800. The minimum absolute atomic E-state index is 0.338. The van der Waals surface area contributed by atoms with Crippen LogP contribution in [-0.4, -0.2) is 25.3 Å². The van der Waals surface area contributed by atoms with Crippen molar-refractivity contribution in [2.75, 3.05) is 13.2 Å². The van der Waals surface area contributed by atoms with E-state index >= 15 is 0 Å². The van der Waals surface area contributed by atoms with E-state index in [1.54, 1.807) is 6.26 Å². The molecule has 0 saturated heterocycles. The van der Waals surface area contributed by atoms with Crippen LogP contribution in [0, 0.1) is 5.92 Å². The fraction of sp³-hybridized carbons (Fsp3) is 0.714. The van der Waals surface area contributed by atoms with Crippen LogP contribution in [0.3, 0.4) is 0 Å². The van der Waals surface area contributed by atoms with Crippen LogP contribution in [0.15, 0.2) is 22.8 Å². The van der Waals surface area contributed by atoms with Gasteiger partial charge in [0.15, 0.2) is 0 Å². The molecular formula is C14H23NO2. The van der Waals surface area contributed by atoms with Gasteiger partial charge in [-0.05, 0) is 44.4 Å². The van der Waals surface area contributed by atoms with Crippen LogP contribution < -0.4 is 5.32 Å². The molecule has 0 bridgehead atoms. The van der Waals surface area contributed by atoms with Crippen molar-refractivity contribution < 1.29 is 9.15 Å². The molecule has 1 fully saturated rings. The molecule has 1 aromatic rings. The zero-order valence-electron chi connectivity index (χ0n) is 10.8. The quantitative estimate of drug-likeness (QED) is 0.754. The van der Waals surface area contributed by atoms with Gasteiger partial charge < -0.3 is 14.5 Å². The second-order valence-electron chi connectivity index (χ2n) is 4.71. The lowest BCUT2D eigenvalue weighted by Gasteiger charge is -2.27. The van der Waals surface area contributed by atoms with E-state index in [1.165, 1.54) is 12.8 Å². The monoisotopic (exact) mass is 237 g/mol. The van der Waals surface area contributed by atoms with Crippen molar-refractivity contribution in [3.05, 3.63) is 24.2 Å². The Labute approximate surface area is 104 Å². The van der Waals surface area contributed by atoms with Gasteiger partial charge in [0.2, 0.25) is 0 Å². The summed E-state index contributed by atoms with van der Waals surface area (Å²) in [6, 6.07) is 4.37. The van der Waals surface area contributed by atoms with Crippen molar-refractivity contribution in [3.8, 4) is 0 Å². The maximum atomic E-state index is 5.93. The molecule has 1 heterocycles. The average Bonchev–Trinajstić information content (AvgIpc) is 3.04. The summed E-state index contributed by atoms with van der Waals surface area (Å²) in [5.41, 5.74) is 0. The predicted molar refractivity (Wildman–Crippen MR) is 68.0 cm³/mol. The molecule has 1 saturated carbocycles. The number of hydrogen-bond acceptors (Lipinski definition) is 3. The highest BCUT2D eigenvalue weighted by molar-refractivity contribution is 5.03.